The molecule has 0 amide bonds. The van der Waals surface area contributed by atoms with E-state index in [1.54, 1.807) is 30.3 Å². The molecule has 6 nitrogen and oxygen atoms in total. The predicted molar refractivity (Wildman–Crippen MR) is 109 cm³/mol. The molecule has 7 heteroatoms. The molecule has 0 spiro atoms. The average Bonchev–Trinajstić information content (AvgIpc) is 2.69. The van der Waals surface area contributed by atoms with Crippen molar-refractivity contribution < 1.29 is 13.3 Å². The second-order valence-corrected chi connectivity index (χ2v) is 8.24. The molecule has 0 saturated heterocycles. The Labute approximate surface area is 164 Å². The average molecular weight is 396 g/mol. The number of hydrogen-bond donors (Lipinski definition) is 0. The van der Waals surface area contributed by atoms with Crippen molar-refractivity contribution in [2.75, 3.05) is 4.31 Å². The van der Waals surface area contributed by atoms with Crippen molar-refractivity contribution in [1.82, 2.24) is 0 Å². The van der Waals surface area contributed by atoms with Crippen molar-refractivity contribution in [2.45, 2.75) is 24.8 Å². The van der Waals surface area contributed by atoms with Gasteiger partial charge in [-0.1, -0.05) is 48.5 Å². The normalized spacial score (nSPS) is 12.4. The smallest absolute Gasteiger partial charge is 0.259 e. The Morgan fingerprint density at radius 1 is 0.929 bits per heavy atom. The highest BCUT2D eigenvalue weighted by Gasteiger charge is 2.31. The number of non-ortho nitro benzene ring substituents is 1. The lowest BCUT2D eigenvalue weighted by molar-refractivity contribution is -0.385. The monoisotopic (exact) mass is 396 g/mol. The molecule has 0 aliphatic carbocycles. The summed E-state index contributed by atoms with van der Waals surface area (Å²) >= 11 is 0. The first-order valence-corrected chi connectivity index (χ1v) is 10.2. The van der Waals surface area contributed by atoms with E-state index < -0.39 is 21.0 Å². The Kier molecular flexibility index (Phi) is 5.46. The van der Waals surface area contributed by atoms with Gasteiger partial charge >= 0.3 is 0 Å². The highest BCUT2D eigenvalue weighted by Crippen LogP contribution is 2.34. The number of rotatable bonds is 6. The number of nitrogens with zero attached hydrogens (tertiary/aromatic N) is 2. The van der Waals surface area contributed by atoms with Gasteiger partial charge in [-0.2, -0.15) is 0 Å². The SMILES string of the molecule is Cc1ccccc1C(C)N(c1ccccc1)S(=O)(=O)c1cccc([N+](=O)[O-])c1. The maximum atomic E-state index is 13.5. The van der Waals surface area contributed by atoms with Crippen LogP contribution in [0.5, 0.6) is 0 Å². The molecule has 0 radical (unpaired) electrons. The number of nitro benzene ring substituents is 1. The third-order valence-corrected chi connectivity index (χ3v) is 6.48. The Balaban J connectivity index is 2.18. The lowest BCUT2D eigenvalue weighted by Crippen LogP contribution is -2.34. The van der Waals surface area contributed by atoms with Crippen molar-refractivity contribution in [3.05, 3.63) is 100 Å². The molecular formula is C21H20N2O4S. The molecule has 3 rings (SSSR count). The molecule has 0 heterocycles. The molecular weight excluding hydrogens is 376 g/mol. The number of hydrogen-bond acceptors (Lipinski definition) is 4. The van der Waals surface area contributed by atoms with Gasteiger partial charge in [-0.25, -0.2) is 8.42 Å². The summed E-state index contributed by atoms with van der Waals surface area (Å²) in [4.78, 5) is 10.4. The highest BCUT2D eigenvalue weighted by atomic mass is 32.2. The van der Waals surface area contributed by atoms with E-state index in [4.69, 9.17) is 0 Å². The molecule has 0 aliphatic heterocycles. The van der Waals surface area contributed by atoms with E-state index in [0.29, 0.717) is 5.69 Å². The van der Waals surface area contributed by atoms with Crippen LogP contribution >= 0.6 is 0 Å². The highest BCUT2D eigenvalue weighted by molar-refractivity contribution is 7.92. The van der Waals surface area contributed by atoms with Crippen LogP contribution in [0.25, 0.3) is 0 Å². The van der Waals surface area contributed by atoms with Crippen molar-refractivity contribution in [2.24, 2.45) is 0 Å². The predicted octanol–water partition coefficient (Wildman–Crippen LogP) is 4.86. The van der Waals surface area contributed by atoms with Gasteiger partial charge in [0.2, 0.25) is 0 Å². The van der Waals surface area contributed by atoms with Crippen LogP contribution in [0.1, 0.15) is 24.1 Å². The molecule has 28 heavy (non-hydrogen) atoms. The maximum Gasteiger partial charge on any atom is 0.270 e. The van der Waals surface area contributed by atoms with Crippen LogP contribution in [0, 0.1) is 17.0 Å². The van der Waals surface area contributed by atoms with Crippen LogP contribution in [-0.2, 0) is 10.0 Å². The number of benzene rings is 3. The molecule has 0 bridgehead atoms. The molecule has 0 saturated carbocycles. The van der Waals surface area contributed by atoms with Crippen molar-refractivity contribution >= 4 is 21.4 Å². The second kappa shape index (κ2) is 7.82. The van der Waals surface area contributed by atoms with Crippen molar-refractivity contribution in [3.8, 4) is 0 Å². The molecule has 0 fully saturated rings. The number of sulfonamides is 1. The van der Waals surface area contributed by atoms with E-state index >= 15 is 0 Å². The lowest BCUT2D eigenvalue weighted by Gasteiger charge is -2.31. The third kappa shape index (κ3) is 3.75. The molecule has 1 unspecified atom stereocenters. The first kappa shape index (κ1) is 19.6. The largest absolute Gasteiger partial charge is 0.270 e. The molecule has 0 aliphatic rings. The Hall–Kier alpha value is -3.19. The summed E-state index contributed by atoms with van der Waals surface area (Å²) in [5, 5.41) is 11.1. The molecule has 0 aromatic heterocycles. The van der Waals surface area contributed by atoms with Gasteiger partial charge in [0.05, 0.1) is 21.5 Å². The minimum absolute atomic E-state index is 0.119. The van der Waals surface area contributed by atoms with Crippen LogP contribution in [0.15, 0.2) is 83.8 Å². The Bertz CT molecular complexity index is 1100. The van der Waals surface area contributed by atoms with Crippen LogP contribution in [0.3, 0.4) is 0 Å². The van der Waals surface area contributed by atoms with E-state index in [1.807, 2.05) is 38.1 Å². The topological polar surface area (TPSA) is 80.5 Å². The van der Waals surface area contributed by atoms with Crippen molar-refractivity contribution in [1.29, 1.82) is 0 Å². The number of aryl methyl sites for hydroxylation is 1. The summed E-state index contributed by atoms with van der Waals surface area (Å²) in [6, 6.07) is 20.9. The molecule has 0 N–H and O–H groups in total. The van der Waals surface area contributed by atoms with Gasteiger partial charge in [-0.15, -0.1) is 0 Å². The Morgan fingerprint density at radius 2 is 1.57 bits per heavy atom. The van der Waals surface area contributed by atoms with E-state index in [-0.39, 0.29) is 10.6 Å². The van der Waals surface area contributed by atoms with E-state index in [2.05, 4.69) is 0 Å². The van der Waals surface area contributed by atoms with Crippen LogP contribution in [0.4, 0.5) is 11.4 Å². The summed E-state index contributed by atoms with van der Waals surface area (Å²) in [5.74, 6) is 0. The first-order valence-electron chi connectivity index (χ1n) is 8.72. The summed E-state index contributed by atoms with van der Waals surface area (Å²) in [6.45, 7) is 3.74. The third-order valence-electron chi connectivity index (χ3n) is 4.59. The second-order valence-electron chi connectivity index (χ2n) is 6.42. The van der Waals surface area contributed by atoms with Gasteiger partial charge < -0.3 is 0 Å². The summed E-state index contributed by atoms with van der Waals surface area (Å²) in [7, 11) is -4.05. The Morgan fingerprint density at radius 3 is 2.21 bits per heavy atom. The minimum Gasteiger partial charge on any atom is -0.259 e. The van der Waals surface area contributed by atoms with E-state index in [0.717, 1.165) is 17.2 Å². The van der Waals surface area contributed by atoms with Gasteiger partial charge in [0.1, 0.15) is 0 Å². The minimum atomic E-state index is -4.05. The quantitative estimate of drug-likeness (QED) is 0.440. The molecule has 1 atom stereocenters. The summed E-state index contributed by atoms with van der Waals surface area (Å²) in [5.41, 5.74) is 2.05. The fourth-order valence-electron chi connectivity index (χ4n) is 3.20. The number of anilines is 1. The van der Waals surface area contributed by atoms with Crippen LogP contribution in [0.2, 0.25) is 0 Å². The van der Waals surface area contributed by atoms with Gasteiger partial charge in [0, 0.05) is 12.1 Å². The molecule has 144 valence electrons. The number of para-hydroxylation sites is 1. The molecule has 3 aromatic rings. The first-order chi connectivity index (χ1) is 13.3. The number of nitro groups is 1. The molecule has 3 aromatic carbocycles. The lowest BCUT2D eigenvalue weighted by atomic mass is 10.0. The van der Waals surface area contributed by atoms with Gasteiger partial charge in [-0.05, 0) is 43.2 Å². The van der Waals surface area contributed by atoms with E-state index in [1.165, 1.54) is 22.5 Å². The zero-order valence-corrected chi connectivity index (χ0v) is 16.3. The standard InChI is InChI=1S/C21H20N2O4S/c1-16-9-6-7-14-21(16)17(2)22(18-10-4-3-5-11-18)28(26,27)20-13-8-12-19(15-20)23(24)25/h3-15,17H,1-2H3. The van der Waals surface area contributed by atoms with Crippen molar-refractivity contribution in [3.63, 3.8) is 0 Å². The fourth-order valence-corrected chi connectivity index (χ4v) is 4.87. The van der Waals surface area contributed by atoms with Gasteiger partial charge in [-0.3, -0.25) is 14.4 Å². The van der Waals surface area contributed by atoms with Gasteiger partial charge in [0.25, 0.3) is 15.7 Å². The van der Waals surface area contributed by atoms with E-state index in [9.17, 15) is 18.5 Å². The zero-order valence-electron chi connectivity index (χ0n) is 15.5. The van der Waals surface area contributed by atoms with Crippen LogP contribution < -0.4 is 4.31 Å². The summed E-state index contributed by atoms with van der Waals surface area (Å²) < 4.78 is 28.4. The summed E-state index contributed by atoms with van der Waals surface area (Å²) in [6.07, 6.45) is 0. The zero-order chi connectivity index (χ0) is 20.3. The fraction of sp³-hybridized carbons (Fsp3) is 0.143. The van der Waals surface area contributed by atoms with Gasteiger partial charge in [0.15, 0.2) is 0 Å². The van der Waals surface area contributed by atoms with Crippen LogP contribution in [-0.4, -0.2) is 13.3 Å². The maximum absolute atomic E-state index is 13.5.